The molecule has 0 aliphatic carbocycles. The van der Waals surface area contributed by atoms with Crippen LogP contribution in [0.3, 0.4) is 0 Å². The van der Waals surface area contributed by atoms with Crippen molar-refractivity contribution >= 4 is 17.3 Å². The lowest BCUT2D eigenvalue weighted by Gasteiger charge is -2.28. The van der Waals surface area contributed by atoms with Crippen molar-refractivity contribution < 1.29 is 14.4 Å². The number of methoxy groups -OCH3 is 1. The maximum atomic E-state index is 12.4. The zero-order valence-corrected chi connectivity index (χ0v) is 17.3. The summed E-state index contributed by atoms with van der Waals surface area (Å²) in [5, 5.41) is 3.02. The molecule has 2 N–H and O–H groups in total. The maximum Gasteiger partial charge on any atom is 0.279 e. The van der Waals surface area contributed by atoms with Gasteiger partial charge in [0.25, 0.3) is 5.91 Å². The minimum atomic E-state index is 0.0230. The van der Waals surface area contributed by atoms with Gasteiger partial charge in [0.2, 0.25) is 0 Å². The zero-order valence-electron chi connectivity index (χ0n) is 17.3. The first-order chi connectivity index (χ1) is 13.5. The Morgan fingerprint density at radius 2 is 1.82 bits per heavy atom. The number of quaternary nitrogens is 1. The van der Waals surface area contributed by atoms with E-state index in [9.17, 15) is 4.79 Å². The molecule has 2 aromatic carbocycles. The third-order valence-corrected chi connectivity index (χ3v) is 5.26. The molecular formula is C23H32N3O2+. The third kappa shape index (κ3) is 5.49. The van der Waals surface area contributed by atoms with E-state index in [2.05, 4.69) is 35.3 Å². The highest BCUT2D eigenvalue weighted by atomic mass is 16.5. The molecular weight excluding hydrogens is 350 g/mol. The summed E-state index contributed by atoms with van der Waals surface area (Å²) in [5.41, 5.74) is 4.42. The normalized spacial score (nSPS) is 15.2. The number of nitrogens with zero attached hydrogens (tertiary/aromatic N) is 1. The third-order valence-electron chi connectivity index (χ3n) is 5.26. The summed E-state index contributed by atoms with van der Waals surface area (Å²) in [6, 6.07) is 14.4. The van der Waals surface area contributed by atoms with E-state index >= 15 is 0 Å². The summed E-state index contributed by atoms with van der Waals surface area (Å²) in [5.74, 6) is 0.897. The Balaban J connectivity index is 1.52. The van der Waals surface area contributed by atoms with Gasteiger partial charge in [-0.05, 0) is 62.6 Å². The number of ether oxygens (including phenoxy) is 1. The molecule has 1 fully saturated rings. The average molecular weight is 383 g/mol. The standard InChI is InChI=1S/C23H31N3O2/c1-18-7-12-22(28-3)19(15-18)16-25(2)17-23(27)24-20-8-10-21(11-9-20)26-13-5-4-6-14-26/h7-12,15H,4-6,13-14,16-17H2,1-3H3,(H,24,27)/p+1. The van der Waals surface area contributed by atoms with Crippen LogP contribution < -0.4 is 19.9 Å². The summed E-state index contributed by atoms with van der Waals surface area (Å²) in [6.45, 7) is 5.47. The van der Waals surface area contributed by atoms with Crippen LogP contribution in [0.5, 0.6) is 5.75 Å². The van der Waals surface area contributed by atoms with Crippen LogP contribution in [0.25, 0.3) is 0 Å². The number of benzene rings is 2. The Labute approximate surface area is 168 Å². The van der Waals surface area contributed by atoms with Gasteiger partial charge < -0.3 is 19.9 Å². The van der Waals surface area contributed by atoms with Crippen molar-refractivity contribution in [2.24, 2.45) is 0 Å². The Morgan fingerprint density at radius 3 is 2.50 bits per heavy atom. The average Bonchev–Trinajstić information content (AvgIpc) is 2.69. The quantitative estimate of drug-likeness (QED) is 0.774. The lowest BCUT2D eigenvalue weighted by atomic mass is 10.1. The monoisotopic (exact) mass is 382 g/mol. The predicted molar refractivity (Wildman–Crippen MR) is 114 cm³/mol. The lowest BCUT2D eigenvalue weighted by molar-refractivity contribution is -0.885. The minimum Gasteiger partial charge on any atom is -0.496 e. The number of likely N-dealkylation sites (N-methyl/N-ethyl adjacent to an activating group) is 1. The molecule has 150 valence electrons. The Hall–Kier alpha value is -2.53. The van der Waals surface area contributed by atoms with Gasteiger partial charge in [0.15, 0.2) is 6.54 Å². The van der Waals surface area contributed by atoms with E-state index in [0.29, 0.717) is 6.54 Å². The number of anilines is 2. The van der Waals surface area contributed by atoms with Crippen LogP contribution in [0.4, 0.5) is 11.4 Å². The largest absolute Gasteiger partial charge is 0.496 e. The van der Waals surface area contributed by atoms with Crippen LogP contribution in [-0.4, -0.2) is 39.7 Å². The fourth-order valence-corrected chi connectivity index (χ4v) is 3.82. The number of nitrogens with one attached hydrogen (secondary N) is 2. The van der Waals surface area contributed by atoms with Crippen molar-refractivity contribution in [2.45, 2.75) is 32.7 Å². The molecule has 5 heteroatoms. The van der Waals surface area contributed by atoms with E-state index in [0.717, 1.165) is 41.5 Å². The molecule has 1 unspecified atom stereocenters. The van der Waals surface area contributed by atoms with E-state index in [4.69, 9.17) is 4.74 Å². The second-order valence-electron chi connectivity index (χ2n) is 7.77. The van der Waals surface area contributed by atoms with E-state index < -0.39 is 0 Å². The molecule has 2 aromatic rings. The van der Waals surface area contributed by atoms with Crippen molar-refractivity contribution in [2.75, 3.05) is 44.0 Å². The van der Waals surface area contributed by atoms with Gasteiger partial charge in [0.05, 0.1) is 14.2 Å². The van der Waals surface area contributed by atoms with Crippen LogP contribution in [0, 0.1) is 6.92 Å². The number of rotatable bonds is 7. The lowest BCUT2D eigenvalue weighted by Crippen LogP contribution is -3.08. The highest BCUT2D eigenvalue weighted by molar-refractivity contribution is 5.91. The van der Waals surface area contributed by atoms with Crippen LogP contribution in [0.15, 0.2) is 42.5 Å². The van der Waals surface area contributed by atoms with Gasteiger partial charge in [-0.1, -0.05) is 11.6 Å². The molecule has 0 aromatic heterocycles. The highest BCUT2D eigenvalue weighted by Gasteiger charge is 2.15. The summed E-state index contributed by atoms with van der Waals surface area (Å²) in [7, 11) is 3.71. The molecule has 1 atom stereocenters. The number of carbonyl (C=O) groups is 1. The summed E-state index contributed by atoms with van der Waals surface area (Å²) in [6.07, 6.45) is 3.85. The highest BCUT2D eigenvalue weighted by Crippen LogP contribution is 2.22. The van der Waals surface area contributed by atoms with E-state index in [1.807, 2.05) is 31.3 Å². The molecule has 3 rings (SSSR count). The van der Waals surface area contributed by atoms with Gasteiger partial charge in [0.1, 0.15) is 12.3 Å². The molecule has 0 bridgehead atoms. The van der Waals surface area contributed by atoms with E-state index in [1.54, 1.807) is 7.11 Å². The minimum absolute atomic E-state index is 0.0230. The van der Waals surface area contributed by atoms with Crippen molar-refractivity contribution in [3.05, 3.63) is 53.6 Å². The second-order valence-corrected chi connectivity index (χ2v) is 7.77. The molecule has 0 spiro atoms. The van der Waals surface area contributed by atoms with Crippen molar-refractivity contribution in [3.8, 4) is 5.75 Å². The molecule has 1 saturated heterocycles. The summed E-state index contributed by atoms with van der Waals surface area (Å²) in [4.78, 5) is 16.0. The molecule has 0 radical (unpaired) electrons. The van der Waals surface area contributed by atoms with Crippen LogP contribution in [0.1, 0.15) is 30.4 Å². The number of aryl methyl sites for hydroxylation is 1. The number of hydrogen-bond acceptors (Lipinski definition) is 3. The molecule has 5 nitrogen and oxygen atoms in total. The molecule has 1 aliphatic rings. The zero-order chi connectivity index (χ0) is 19.9. The summed E-state index contributed by atoms with van der Waals surface area (Å²) < 4.78 is 5.45. The van der Waals surface area contributed by atoms with Crippen LogP contribution in [0.2, 0.25) is 0 Å². The topological polar surface area (TPSA) is 46.0 Å². The van der Waals surface area contributed by atoms with Gasteiger partial charge in [-0.2, -0.15) is 0 Å². The number of amides is 1. The van der Waals surface area contributed by atoms with Gasteiger partial charge in [-0.3, -0.25) is 4.79 Å². The summed E-state index contributed by atoms with van der Waals surface area (Å²) >= 11 is 0. The number of piperidine rings is 1. The molecule has 0 saturated carbocycles. The Bertz CT molecular complexity index is 783. The Morgan fingerprint density at radius 1 is 1.11 bits per heavy atom. The number of hydrogen-bond donors (Lipinski definition) is 2. The predicted octanol–water partition coefficient (Wildman–Crippen LogP) is 2.65. The van der Waals surface area contributed by atoms with Crippen molar-refractivity contribution in [3.63, 3.8) is 0 Å². The van der Waals surface area contributed by atoms with Gasteiger partial charge >= 0.3 is 0 Å². The van der Waals surface area contributed by atoms with Crippen LogP contribution in [-0.2, 0) is 11.3 Å². The fraction of sp³-hybridized carbons (Fsp3) is 0.435. The SMILES string of the molecule is COc1ccc(C)cc1C[NH+](C)CC(=O)Nc1ccc(N2CCCCC2)cc1. The van der Waals surface area contributed by atoms with Gasteiger partial charge in [-0.15, -0.1) is 0 Å². The second kappa shape index (κ2) is 9.60. The molecule has 1 amide bonds. The molecule has 1 aliphatic heterocycles. The fourth-order valence-electron chi connectivity index (χ4n) is 3.82. The first kappa shape index (κ1) is 20.2. The number of carbonyl (C=O) groups excluding carboxylic acids is 1. The van der Waals surface area contributed by atoms with Gasteiger partial charge in [-0.25, -0.2) is 0 Å². The van der Waals surface area contributed by atoms with Crippen molar-refractivity contribution in [1.82, 2.24) is 0 Å². The smallest absolute Gasteiger partial charge is 0.279 e. The van der Waals surface area contributed by atoms with E-state index in [1.165, 1.54) is 30.5 Å². The first-order valence-corrected chi connectivity index (χ1v) is 10.1. The van der Waals surface area contributed by atoms with Gasteiger partial charge in [0, 0.05) is 30.0 Å². The first-order valence-electron chi connectivity index (χ1n) is 10.1. The Kier molecular flexibility index (Phi) is 6.93. The molecule has 1 heterocycles. The maximum absolute atomic E-state index is 12.4. The molecule has 28 heavy (non-hydrogen) atoms. The van der Waals surface area contributed by atoms with E-state index in [-0.39, 0.29) is 5.91 Å². The van der Waals surface area contributed by atoms with Crippen molar-refractivity contribution in [1.29, 1.82) is 0 Å². The van der Waals surface area contributed by atoms with Crippen LogP contribution >= 0.6 is 0 Å².